The molecule has 2 aromatic carbocycles. The minimum atomic E-state index is -0.542. The van der Waals surface area contributed by atoms with Crippen molar-refractivity contribution in [2.75, 3.05) is 7.11 Å². The maximum absolute atomic E-state index is 12.6. The van der Waals surface area contributed by atoms with Crippen LogP contribution in [-0.4, -0.2) is 21.6 Å². The molecule has 0 saturated heterocycles. The lowest BCUT2D eigenvalue weighted by atomic mass is 10.2. The summed E-state index contributed by atoms with van der Waals surface area (Å²) in [4.78, 5) is 27.1. The molecule has 0 spiro atoms. The Balaban J connectivity index is 2.30. The lowest BCUT2D eigenvalue weighted by Crippen LogP contribution is -2.19. The van der Waals surface area contributed by atoms with Crippen molar-refractivity contribution in [3.8, 4) is 11.4 Å². The number of hydrogen-bond acceptors (Lipinski definition) is 5. The number of benzene rings is 2. The van der Waals surface area contributed by atoms with E-state index in [1.165, 1.54) is 36.2 Å². The third-order valence-electron chi connectivity index (χ3n) is 3.30. The molecule has 7 heteroatoms. The Bertz CT molecular complexity index is 933. The fourth-order valence-electron chi connectivity index (χ4n) is 2.22. The molecule has 3 aromatic rings. The quantitative estimate of drug-likeness (QED) is 0.547. The van der Waals surface area contributed by atoms with Crippen molar-refractivity contribution >= 4 is 16.6 Å². The third kappa shape index (κ3) is 2.18. The van der Waals surface area contributed by atoms with Crippen LogP contribution in [0.3, 0.4) is 0 Å². The van der Waals surface area contributed by atoms with Gasteiger partial charge >= 0.3 is 0 Å². The van der Waals surface area contributed by atoms with Crippen LogP contribution in [-0.2, 0) is 0 Å². The highest BCUT2D eigenvalue weighted by Gasteiger charge is 2.13. The highest BCUT2D eigenvalue weighted by molar-refractivity contribution is 5.80. The Kier molecular flexibility index (Phi) is 3.30. The van der Waals surface area contributed by atoms with Crippen molar-refractivity contribution in [1.29, 1.82) is 0 Å². The maximum Gasteiger partial charge on any atom is 0.270 e. The van der Waals surface area contributed by atoms with Crippen LogP contribution in [0.5, 0.6) is 5.75 Å². The van der Waals surface area contributed by atoms with Crippen molar-refractivity contribution < 1.29 is 9.66 Å². The van der Waals surface area contributed by atoms with Crippen molar-refractivity contribution in [2.45, 2.75) is 0 Å². The summed E-state index contributed by atoms with van der Waals surface area (Å²) in [5, 5.41) is 11.1. The molecule has 0 aliphatic rings. The van der Waals surface area contributed by atoms with Gasteiger partial charge in [0.2, 0.25) is 0 Å². The van der Waals surface area contributed by atoms with E-state index in [0.29, 0.717) is 17.0 Å². The molecule has 0 saturated carbocycles. The first-order chi connectivity index (χ1) is 10.6. The average molecular weight is 297 g/mol. The number of rotatable bonds is 3. The molecule has 7 nitrogen and oxygen atoms in total. The highest BCUT2D eigenvalue weighted by Crippen LogP contribution is 2.22. The summed E-state index contributed by atoms with van der Waals surface area (Å²) in [5.41, 5.74) is 0.389. The SMILES string of the molecule is COc1ccccc1-n1cnc2ccc([N+](=O)[O-])cc2c1=O. The standard InChI is InChI=1S/C15H11N3O4/c1-22-14-5-3-2-4-13(14)17-9-16-12-7-6-10(18(20)21)8-11(12)15(17)19/h2-9H,1H3. The summed E-state index contributed by atoms with van der Waals surface area (Å²) in [7, 11) is 1.50. The number of hydrogen-bond donors (Lipinski definition) is 0. The first-order valence-corrected chi connectivity index (χ1v) is 6.41. The highest BCUT2D eigenvalue weighted by atomic mass is 16.6. The number of nitro groups is 1. The minimum Gasteiger partial charge on any atom is -0.495 e. The van der Waals surface area contributed by atoms with Crippen LogP contribution >= 0.6 is 0 Å². The summed E-state index contributed by atoms with van der Waals surface area (Å²) in [6.07, 6.45) is 1.38. The zero-order chi connectivity index (χ0) is 15.7. The molecule has 0 aliphatic carbocycles. The van der Waals surface area contributed by atoms with Gasteiger partial charge in [-0.3, -0.25) is 19.5 Å². The Morgan fingerprint density at radius 3 is 2.73 bits per heavy atom. The van der Waals surface area contributed by atoms with Gasteiger partial charge in [-0.15, -0.1) is 0 Å². The summed E-state index contributed by atoms with van der Waals surface area (Å²) >= 11 is 0. The molecule has 0 unspecified atom stereocenters. The molecule has 0 aliphatic heterocycles. The van der Waals surface area contributed by atoms with Gasteiger partial charge in [0.05, 0.1) is 28.6 Å². The minimum absolute atomic E-state index is 0.149. The molecule has 1 aromatic heterocycles. The molecule has 22 heavy (non-hydrogen) atoms. The molecule has 0 atom stereocenters. The monoisotopic (exact) mass is 297 g/mol. The van der Waals surface area contributed by atoms with Gasteiger partial charge in [0, 0.05) is 12.1 Å². The lowest BCUT2D eigenvalue weighted by molar-refractivity contribution is -0.384. The van der Waals surface area contributed by atoms with E-state index in [0.717, 1.165) is 0 Å². The number of aromatic nitrogens is 2. The number of para-hydroxylation sites is 2. The Morgan fingerprint density at radius 2 is 2.00 bits per heavy atom. The zero-order valence-electron chi connectivity index (χ0n) is 11.6. The average Bonchev–Trinajstić information content (AvgIpc) is 2.55. The largest absolute Gasteiger partial charge is 0.495 e. The number of ether oxygens (including phenoxy) is 1. The fraction of sp³-hybridized carbons (Fsp3) is 0.0667. The second-order valence-electron chi connectivity index (χ2n) is 4.55. The molecule has 0 bridgehead atoms. The van der Waals surface area contributed by atoms with Crippen LogP contribution in [0.1, 0.15) is 0 Å². The molecule has 0 N–H and O–H groups in total. The maximum atomic E-state index is 12.6. The van der Waals surface area contributed by atoms with Crippen molar-refractivity contribution in [1.82, 2.24) is 9.55 Å². The first-order valence-electron chi connectivity index (χ1n) is 6.41. The molecular weight excluding hydrogens is 286 g/mol. The molecule has 0 radical (unpaired) electrons. The third-order valence-corrected chi connectivity index (χ3v) is 3.30. The fourth-order valence-corrected chi connectivity index (χ4v) is 2.22. The predicted octanol–water partition coefficient (Wildman–Crippen LogP) is 2.30. The van der Waals surface area contributed by atoms with Gasteiger partial charge < -0.3 is 4.74 Å². The van der Waals surface area contributed by atoms with Crippen LogP contribution in [0.4, 0.5) is 5.69 Å². The number of methoxy groups -OCH3 is 1. The molecule has 1 heterocycles. The number of fused-ring (bicyclic) bond motifs is 1. The zero-order valence-corrected chi connectivity index (χ0v) is 11.6. The molecular formula is C15H11N3O4. The Labute approximate surface area is 124 Å². The van der Waals surface area contributed by atoms with Gasteiger partial charge in [0.1, 0.15) is 12.1 Å². The van der Waals surface area contributed by atoms with Crippen LogP contribution in [0.25, 0.3) is 16.6 Å². The molecule has 110 valence electrons. The van der Waals surface area contributed by atoms with E-state index in [-0.39, 0.29) is 11.1 Å². The first kappa shape index (κ1) is 13.7. The molecule has 0 amide bonds. The smallest absolute Gasteiger partial charge is 0.270 e. The number of nitrogens with zero attached hydrogens (tertiary/aromatic N) is 3. The summed E-state index contributed by atoms with van der Waals surface area (Å²) in [5.74, 6) is 0.510. The van der Waals surface area contributed by atoms with Crippen molar-refractivity contribution in [3.63, 3.8) is 0 Å². The van der Waals surface area contributed by atoms with E-state index in [4.69, 9.17) is 4.74 Å². The van der Waals surface area contributed by atoms with Crippen LogP contribution in [0.2, 0.25) is 0 Å². The summed E-state index contributed by atoms with van der Waals surface area (Å²) < 4.78 is 6.54. The molecule has 0 fully saturated rings. The lowest BCUT2D eigenvalue weighted by Gasteiger charge is -2.10. The van der Waals surface area contributed by atoms with Gasteiger partial charge in [0.25, 0.3) is 11.2 Å². The Morgan fingerprint density at radius 1 is 1.23 bits per heavy atom. The predicted molar refractivity (Wildman–Crippen MR) is 80.5 cm³/mol. The topological polar surface area (TPSA) is 87.3 Å². The number of nitro benzene ring substituents is 1. The summed E-state index contributed by atoms with van der Waals surface area (Å²) in [6.45, 7) is 0. The second kappa shape index (κ2) is 5.28. The van der Waals surface area contributed by atoms with Gasteiger partial charge in [0.15, 0.2) is 0 Å². The van der Waals surface area contributed by atoms with E-state index in [1.54, 1.807) is 24.3 Å². The summed E-state index contributed by atoms with van der Waals surface area (Å²) in [6, 6.07) is 11.0. The molecule has 3 rings (SSSR count). The van der Waals surface area contributed by atoms with Crippen molar-refractivity contribution in [3.05, 3.63) is 69.3 Å². The normalized spacial score (nSPS) is 10.6. The van der Waals surface area contributed by atoms with E-state index >= 15 is 0 Å². The van der Waals surface area contributed by atoms with Crippen LogP contribution in [0.15, 0.2) is 53.6 Å². The van der Waals surface area contributed by atoms with E-state index in [2.05, 4.69) is 4.98 Å². The Hall–Kier alpha value is -3.22. The van der Waals surface area contributed by atoms with Crippen molar-refractivity contribution in [2.24, 2.45) is 0 Å². The van der Waals surface area contributed by atoms with Gasteiger partial charge in [-0.25, -0.2) is 4.98 Å². The van der Waals surface area contributed by atoms with Gasteiger partial charge in [-0.2, -0.15) is 0 Å². The van der Waals surface area contributed by atoms with Gasteiger partial charge in [-0.1, -0.05) is 12.1 Å². The second-order valence-corrected chi connectivity index (χ2v) is 4.55. The number of non-ortho nitro benzene ring substituents is 1. The van der Waals surface area contributed by atoms with E-state index < -0.39 is 10.5 Å². The van der Waals surface area contributed by atoms with E-state index in [1.807, 2.05) is 0 Å². The van der Waals surface area contributed by atoms with E-state index in [9.17, 15) is 14.9 Å². The van der Waals surface area contributed by atoms with Crippen LogP contribution in [0, 0.1) is 10.1 Å². The van der Waals surface area contributed by atoms with Crippen LogP contribution < -0.4 is 10.3 Å². The van der Waals surface area contributed by atoms with Gasteiger partial charge in [-0.05, 0) is 18.2 Å².